The first kappa shape index (κ1) is 22.3. The van der Waals surface area contributed by atoms with Gasteiger partial charge in [0.05, 0.1) is 6.54 Å². The van der Waals surface area contributed by atoms with Gasteiger partial charge >= 0.3 is 0 Å². The molecule has 2 aromatic rings. The third-order valence-electron chi connectivity index (χ3n) is 5.44. The van der Waals surface area contributed by atoms with Crippen LogP contribution in [0.5, 0.6) is 0 Å². The average molecular weight is 423 g/mol. The maximum atomic E-state index is 12.7. The van der Waals surface area contributed by atoms with Crippen molar-refractivity contribution < 1.29 is 14.4 Å². The lowest BCUT2D eigenvalue weighted by molar-refractivity contribution is -0.133. The van der Waals surface area contributed by atoms with E-state index < -0.39 is 6.04 Å². The number of benzene rings is 2. The molecule has 1 saturated heterocycles. The normalized spacial score (nSPS) is 14.8. The third-order valence-corrected chi connectivity index (χ3v) is 5.44. The van der Waals surface area contributed by atoms with Gasteiger partial charge in [-0.05, 0) is 30.2 Å². The molecule has 1 fully saturated rings. The van der Waals surface area contributed by atoms with Crippen LogP contribution in [0.25, 0.3) is 0 Å². The predicted molar refractivity (Wildman–Crippen MR) is 121 cm³/mol. The minimum atomic E-state index is -0.713. The van der Waals surface area contributed by atoms with Gasteiger partial charge in [0, 0.05) is 37.4 Å². The number of rotatable bonds is 7. The quantitative estimate of drug-likeness (QED) is 0.714. The predicted octanol–water partition coefficient (Wildman–Crippen LogP) is 1.91. The van der Waals surface area contributed by atoms with E-state index in [0.29, 0.717) is 18.7 Å². The van der Waals surface area contributed by atoms with Crippen LogP contribution in [0, 0.1) is 5.92 Å². The second kappa shape index (κ2) is 10.6. The molecular weight excluding hydrogens is 392 g/mol. The molecule has 7 heteroatoms. The zero-order chi connectivity index (χ0) is 22.2. The van der Waals surface area contributed by atoms with Gasteiger partial charge in [0.1, 0.15) is 6.04 Å². The Morgan fingerprint density at radius 2 is 1.45 bits per heavy atom. The van der Waals surface area contributed by atoms with Crippen LogP contribution in [0.4, 0.5) is 5.69 Å². The molecule has 31 heavy (non-hydrogen) atoms. The number of carbonyl (C=O) groups excluding carboxylic acids is 3. The third kappa shape index (κ3) is 6.07. The standard InChI is InChI=1S/C24H30N4O3/c1-18(2)22(26-23(30)19-9-5-3-6-10-19)24(31)25-17-21(29)28-15-13-27(14-16-28)20-11-7-4-8-12-20/h3-12,18,22H,13-17H2,1-2H3,(H,25,31)(H,26,30). The zero-order valence-electron chi connectivity index (χ0n) is 18.1. The summed E-state index contributed by atoms with van der Waals surface area (Å²) in [5.74, 6) is -0.886. The fraction of sp³-hybridized carbons (Fsp3) is 0.375. The first-order valence-corrected chi connectivity index (χ1v) is 10.7. The van der Waals surface area contributed by atoms with Crippen molar-refractivity contribution in [1.29, 1.82) is 0 Å². The molecule has 1 aliphatic rings. The van der Waals surface area contributed by atoms with Crippen LogP contribution in [0.15, 0.2) is 60.7 Å². The average Bonchev–Trinajstić information content (AvgIpc) is 2.81. The van der Waals surface area contributed by atoms with Crippen LogP contribution in [0.3, 0.4) is 0 Å². The monoisotopic (exact) mass is 422 g/mol. The van der Waals surface area contributed by atoms with Gasteiger partial charge in [-0.15, -0.1) is 0 Å². The summed E-state index contributed by atoms with van der Waals surface area (Å²) in [5, 5.41) is 5.48. The van der Waals surface area contributed by atoms with Crippen LogP contribution in [0.2, 0.25) is 0 Å². The smallest absolute Gasteiger partial charge is 0.251 e. The Balaban J connectivity index is 1.48. The highest BCUT2D eigenvalue weighted by atomic mass is 16.2. The number of nitrogens with one attached hydrogen (secondary N) is 2. The summed E-state index contributed by atoms with van der Waals surface area (Å²) in [6.45, 7) is 6.38. The van der Waals surface area contributed by atoms with Crippen molar-refractivity contribution in [3.8, 4) is 0 Å². The number of nitrogens with zero attached hydrogens (tertiary/aromatic N) is 2. The van der Waals surface area contributed by atoms with Gasteiger partial charge in [-0.25, -0.2) is 0 Å². The summed E-state index contributed by atoms with van der Waals surface area (Å²) in [4.78, 5) is 41.7. The molecule has 0 saturated carbocycles. The van der Waals surface area contributed by atoms with E-state index in [9.17, 15) is 14.4 Å². The molecule has 0 spiro atoms. The van der Waals surface area contributed by atoms with Gasteiger partial charge in [-0.3, -0.25) is 14.4 Å². The minimum Gasteiger partial charge on any atom is -0.368 e. The van der Waals surface area contributed by atoms with Crippen LogP contribution < -0.4 is 15.5 Å². The second-order valence-electron chi connectivity index (χ2n) is 7.98. The number of anilines is 1. The Hall–Kier alpha value is -3.35. The van der Waals surface area contributed by atoms with Crippen molar-refractivity contribution in [1.82, 2.24) is 15.5 Å². The summed E-state index contributed by atoms with van der Waals surface area (Å²) < 4.78 is 0. The zero-order valence-corrected chi connectivity index (χ0v) is 18.1. The molecular formula is C24H30N4O3. The van der Waals surface area contributed by atoms with Gasteiger partial charge in [0.15, 0.2) is 0 Å². The highest BCUT2D eigenvalue weighted by molar-refractivity contribution is 5.98. The molecule has 0 aromatic heterocycles. The first-order valence-electron chi connectivity index (χ1n) is 10.7. The molecule has 2 aromatic carbocycles. The van der Waals surface area contributed by atoms with E-state index in [4.69, 9.17) is 0 Å². The second-order valence-corrected chi connectivity index (χ2v) is 7.98. The van der Waals surface area contributed by atoms with E-state index in [-0.39, 0.29) is 30.2 Å². The molecule has 164 valence electrons. The number of carbonyl (C=O) groups is 3. The Morgan fingerprint density at radius 1 is 0.871 bits per heavy atom. The summed E-state index contributed by atoms with van der Waals surface area (Å²) in [5.41, 5.74) is 1.64. The summed E-state index contributed by atoms with van der Waals surface area (Å²) in [6, 6.07) is 18.2. The van der Waals surface area contributed by atoms with Crippen LogP contribution in [-0.4, -0.2) is 61.4 Å². The van der Waals surface area contributed by atoms with E-state index in [1.54, 1.807) is 29.2 Å². The molecule has 1 aliphatic heterocycles. The Labute approximate surface area is 183 Å². The minimum absolute atomic E-state index is 0.0748. The van der Waals surface area contributed by atoms with E-state index in [1.807, 2.05) is 38.1 Å². The fourth-order valence-electron chi connectivity index (χ4n) is 3.59. The molecule has 2 N–H and O–H groups in total. The van der Waals surface area contributed by atoms with Gasteiger partial charge < -0.3 is 20.4 Å². The lowest BCUT2D eigenvalue weighted by Crippen LogP contribution is -2.54. The van der Waals surface area contributed by atoms with Crippen molar-refractivity contribution in [2.45, 2.75) is 19.9 Å². The number of piperazine rings is 1. The van der Waals surface area contributed by atoms with Crippen molar-refractivity contribution in [3.63, 3.8) is 0 Å². The summed E-state index contributed by atoms with van der Waals surface area (Å²) >= 11 is 0. The Kier molecular flexibility index (Phi) is 7.65. The maximum absolute atomic E-state index is 12.7. The maximum Gasteiger partial charge on any atom is 0.251 e. The van der Waals surface area contributed by atoms with Gasteiger partial charge in [0.2, 0.25) is 11.8 Å². The van der Waals surface area contributed by atoms with Crippen molar-refractivity contribution >= 4 is 23.4 Å². The number of amides is 3. The number of hydrogen-bond donors (Lipinski definition) is 2. The van der Waals surface area contributed by atoms with Gasteiger partial charge in [0.25, 0.3) is 5.91 Å². The number of hydrogen-bond acceptors (Lipinski definition) is 4. The first-order chi connectivity index (χ1) is 15.0. The lowest BCUT2D eigenvalue weighted by Gasteiger charge is -2.36. The fourth-order valence-corrected chi connectivity index (χ4v) is 3.59. The molecule has 0 aliphatic carbocycles. The van der Waals surface area contributed by atoms with Crippen molar-refractivity contribution in [2.24, 2.45) is 5.92 Å². The summed E-state index contributed by atoms with van der Waals surface area (Å²) in [6.07, 6.45) is 0. The summed E-state index contributed by atoms with van der Waals surface area (Å²) in [7, 11) is 0. The lowest BCUT2D eigenvalue weighted by atomic mass is 10.0. The molecule has 1 heterocycles. The highest BCUT2D eigenvalue weighted by Crippen LogP contribution is 2.15. The molecule has 0 radical (unpaired) electrons. The van der Waals surface area contributed by atoms with E-state index >= 15 is 0 Å². The molecule has 3 amide bonds. The molecule has 1 unspecified atom stereocenters. The molecule has 7 nitrogen and oxygen atoms in total. The van der Waals surface area contributed by atoms with Crippen LogP contribution >= 0.6 is 0 Å². The molecule has 0 bridgehead atoms. The Bertz CT molecular complexity index is 878. The van der Waals surface area contributed by atoms with E-state index in [2.05, 4.69) is 27.7 Å². The topological polar surface area (TPSA) is 81.8 Å². The largest absolute Gasteiger partial charge is 0.368 e. The SMILES string of the molecule is CC(C)C(NC(=O)c1ccccc1)C(=O)NCC(=O)N1CCN(c2ccccc2)CC1. The molecule has 3 rings (SSSR count). The highest BCUT2D eigenvalue weighted by Gasteiger charge is 2.26. The van der Waals surface area contributed by atoms with Gasteiger partial charge in [-0.1, -0.05) is 50.2 Å². The van der Waals surface area contributed by atoms with Gasteiger partial charge in [-0.2, -0.15) is 0 Å². The van der Waals surface area contributed by atoms with E-state index in [0.717, 1.165) is 18.8 Å². The molecule has 1 atom stereocenters. The van der Waals surface area contributed by atoms with E-state index in [1.165, 1.54) is 0 Å². The van der Waals surface area contributed by atoms with Crippen LogP contribution in [-0.2, 0) is 9.59 Å². The van der Waals surface area contributed by atoms with Crippen molar-refractivity contribution in [3.05, 3.63) is 66.2 Å². The Morgan fingerprint density at radius 3 is 2.03 bits per heavy atom. The van der Waals surface area contributed by atoms with Crippen LogP contribution in [0.1, 0.15) is 24.2 Å². The number of para-hydroxylation sites is 1. The van der Waals surface area contributed by atoms with Crippen molar-refractivity contribution in [2.75, 3.05) is 37.6 Å².